The Bertz CT molecular complexity index is 290. The molecule has 2 nitrogen and oxygen atoms in total. The molecular weight excluding hydrogens is 160 g/mol. The monoisotopic (exact) mass is 168 g/mol. The van der Waals surface area contributed by atoms with Crippen molar-refractivity contribution in [2.24, 2.45) is 0 Å². The number of aliphatic hydroxyl groups excluding tert-OH is 2. The fourth-order valence-electron chi connectivity index (χ4n) is 1.17. The van der Waals surface area contributed by atoms with Gasteiger partial charge in [0.05, 0.1) is 0 Å². The van der Waals surface area contributed by atoms with Crippen molar-refractivity contribution in [1.82, 2.24) is 0 Å². The molecule has 0 fully saturated rings. The van der Waals surface area contributed by atoms with Crippen LogP contribution < -0.4 is 0 Å². The highest BCUT2D eigenvalue weighted by Crippen LogP contribution is 2.31. The molecule has 2 N–H and O–H groups in total. The topological polar surface area (TPSA) is 40.5 Å². The van der Waals surface area contributed by atoms with Crippen molar-refractivity contribution < 1.29 is 10.2 Å². The van der Waals surface area contributed by atoms with Crippen LogP contribution in [-0.4, -0.2) is 16.3 Å². The van der Waals surface area contributed by atoms with E-state index < -0.39 is 12.2 Å². The van der Waals surface area contributed by atoms with Crippen molar-refractivity contribution in [3.8, 4) is 0 Å². The highest BCUT2D eigenvalue weighted by molar-refractivity contribution is 7.10. The molecule has 58 valence electrons. The number of rotatable bonds is 0. The zero-order chi connectivity index (χ0) is 7.84. The first-order valence-corrected chi connectivity index (χ1v) is 4.29. The van der Waals surface area contributed by atoms with Gasteiger partial charge in [0.15, 0.2) is 0 Å². The molecule has 2 rings (SSSR count). The Labute approximate surface area is 68.4 Å². The molecule has 0 aromatic carbocycles. The molecule has 0 saturated heterocycles. The van der Waals surface area contributed by atoms with Crippen LogP contribution >= 0.6 is 11.3 Å². The van der Waals surface area contributed by atoms with E-state index in [1.54, 1.807) is 6.08 Å². The summed E-state index contributed by atoms with van der Waals surface area (Å²) in [6, 6.07) is 1.94. The molecular formula is C8H8O2S. The molecule has 2 atom stereocenters. The van der Waals surface area contributed by atoms with Gasteiger partial charge >= 0.3 is 0 Å². The molecule has 1 aromatic heterocycles. The minimum absolute atomic E-state index is 0.727. The van der Waals surface area contributed by atoms with Crippen LogP contribution in [0.15, 0.2) is 17.5 Å². The van der Waals surface area contributed by atoms with Gasteiger partial charge in [0.25, 0.3) is 0 Å². The molecule has 0 spiro atoms. The van der Waals surface area contributed by atoms with Crippen LogP contribution in [-0.2, 0) is 0 Å². The van der Waals surface area contributed by atoms with E-state index in [4.69, 9.17) is 0 Å². The van der Waals surface area contributed by atoms with Crippen molar-refractivity contribution >= 4 is 17.4 Å². The van der Waals surface area contributed by atoms with Gasteiger partial charge in [-0.15, -0.1) is 11.3 Å². The fraction of sp³-hybridized carbons (Fsp3) is 0.250. The molecule has 1 aliphatic rings. The predicted molar refractivity (Wildman–Crippen MR) is 44.3 cm³/mol. The second-order valence-corrected chi connectivity index (χ2v) is 3.48. The Morgan fingerprint density at radius 3 is 3.00 bits per heavy atom. The van der Waals surface area contributed by atoms with Crippen molar-refractivity contribution in [2.75, 3.05) is 0 Å². The van der Waals surface area contributed by atoms with Gasteiger partial charge in [0, 0.05) is 4.88 Å². The highest BCUT2D eigenvalue weighted by atomic mass is 32.1. The Morgan fingerprint density at radius 1 is 1.36 bits per heavy atom. The summed E-state index contributed by atoms with van der Waals surface area (Å²) in [5.74, 6) is 0. The number of fused-ring (bicyclic) bond motifs is 1. The van der Waals surface area contributed by atoms with Crippen LogP contribution in [0.4, 0.5) is 0 Å². The van der Waals surface area contributed by atoms with Crippen LogP contribution in [0.3, 0.4) is 0 Å². The second-order valence-electron chi connectivity index (χ2n) is 2.53. The minimum Gasteiger partial charge on any atom is -0.386 e. The molecule has 0 unspecified atom stereocenters. The largest absolute Gasteiger partial charge is 0.386 e. The maximum atomic E-state index is 9.43. The fourth-order valence-corrected chi connectivity index (χ4v) is 2.08. The summed E-state index contributed by atoms with van der Waals surface area (Å²) in [6.45, 7) is 0. The van der Waals surface area contributed by atoms with E-state index in [0.29, 0.717) is 0 Å². The first-order valence-electron chi connectivity index (χ1n) is 3.41. The van der Waals surface area contributed by atoms with Crippen molar-refractivity contribution in [1.29, 1.82) is 0 Å². The van der Waals surface area contributed by atoms with Gasteiger partial charge in [-0.2, -0.15) is 0 Å². The third kappa shape index (κ3) is 1.01. The molecule has 3 heteroatoms. The van der Waals surface area contributed by atoms with E-state index in [1.807, 2.05) is 17.5 Å². The predicted octanol–water partition coefficient (Wildman–Crippen LogP) is 1.17. The zero-order valence-electron chi connectivity index (χ0n) is 5.77. The Kier molecular flexibility index (Phi) is 1.56. The van der Waals surface area contributed by atoms with Crippen LogP contribution in [0.1, 0.15) is 16.5 Å². The average Bonchev–Trinajstić information content (AvgIpc) is 2.45. The smallest absolute Gasteiger partial charge is 0.118 e. The lowest BCUT2D eigenvalue weighted by atomic mass is 10.0. The maximum Gasteiger partial charge on any atom is 0.118 e. The molecule has 11 heavy (non-hydrogen) atoms. The SMILES string of the molecule is O[C@@H]1c2sccc2C=C[C@@H]1O. The van der Waals surface area contributed by atoms with Crippen molar-refractivity contribution in [3.05, 3.63) is 28.0 Å². The van der Waals surface area contributed by atoms with Crippen LogP contribution in [0, 0.1) is 0 Å². The summed E-state index contributed by atoms with van der Waals surface area (Å²) in [6.07, 6.45) is 1.99. The summed E-state index contributed by atoms with van der Waals surface area (Å²) in [5.41, 5.74) is 1.02. The van der Waals surface area contributed by atoms with Gasteiger partial charge in [0.1, 0.15) is 12.2 Å². The van der Waals surface area contributed by atoms with Gasteiger partial charge in [-0.25, -0.2) is 0 Å². The van der Waals surface area contributed by atoms with Gasteiger partial charge in [-0.1, -0.05) is 12.2 Å². The van der Waals surface area contributed by atoms with Gasteiger partial charge in [-0.05, 0) is 17.0 Å². The van der Waals surface area contributed by atoms with Crippen molar-refractivity contribution in [2.45, 2.75) is 12.2 Å². The van der Waals surface area contributed by atoms with E-state index in [-0.39, 0.29) is 0 Å². The Balaban J connectivity index is 2.48. The van der Waals surface area contributed by atoms with Gasteiger partial charge < -0.3 is 10.2 Å². The van der Waals surface area contributed by atoms with E-state index in [2.05, 4.69) is 0 Å². The summed E-state index contributed by atoms with van der Waals surface area (Å²) in [7, 11) is 0. The standard InChI is InChI=1S/C8H8O2S/c9-6-2-1-5-3-4-11-8(5)7(6)10/h1-4,6-7,9-10H/t6-,7-/m0/s1. The third-order valence-corrected chi connectivity index (χ3v) is 2.80. The average molecular weight is 168 g/mol. The molecule has 0 radical (unpaired) electrons. The lowest BCUT2D eigenvalue weighted by Gasteiger charge is -2.17. The van der Waals surface area contributed by atoms with E-state index >= 15 is 0 Å². The van der Waals surface area contributed by atoms with Crippen molar-refractivity contribution in [3.63, 3.8) is 0 Å². The molecule has 0 aliphatic heterocycles. The molecule has 0 saturated carbocycles. The second kappa shape index (κ2) is 2.44. The normalized spacial score (nSPS) is 28.5. The number of aliphatic hydroxyl groups is 2. The molecule has 1 aliphatic carbocycles. The summed E-state index contributed by atoms with van der Waals surface area (Å²) < 4.78 is 0. The highest BCUT2D eigenvalue weighted by Gasteiger charge is 2.22. The quantitative estimate of drug-likeness (QED) is 0.610. The Morgan fingerprint density at radius 2 is 2.18 bits per heavy atom. The van der Waals surface area contributed by atoms with Gasteiger partial charge in [0.2, 0.25) is 0 Å². The minimum atomic E-state index is -0.735. The number of thiophene rings is 1. The first-order chi connectivity index (χ1) is 5.29. The van der Waals surface area contributed by atoms with Gasteiger partial charge in [-0.3, -0.25) is 0 Å². The number of hydrogen-bond donors (Lipinski definition) is 2. The lowest BCUT2D eigenvalue weighted by molar-refractivity contribution is 0.0495. The molecule has 1 aromatic rings. The summed E-state index contributed by atoms with van der Waals surface area (Å²) >= 11 is 1.48. The van der Waals surface area contributed by atoms with E-state index in [1.165, 1.54) is 11.3 Å². The Hall–Kier alpha value is -0.640. The molecule has 1 heterocycles. The summed E-state index contributed by atoms with van der Waals surface area (Å²) in [4.78, 5) is 0.861. The summed E-state index contributed by atoms with van der Waals surface area (Å²) in [5, 5.41) is 20.6. The first kappa shape index (κ1) is 7.03. The lowest BCUT2D eigenvalue weighted by Crippen LogP contribution is -2.17. The van der Waals surface area contributed by atoms with E-state index in [9.17, 15) is 10.2 Å². The molecule has 0 amide bonds. The number of hydrogen-bond acceptors (Lipinski definition) is 3. The molecule has 0 bridgehead atoms. The maximum absolute atomic E-state index is 9.43. The van der Waals surface area contributed by atoms with Crippen LogP contribution in [0.5, 0.6) is 0 Å². The van der Waals surface area contributed by atoms with Crippen LogP contribution in [0.2, 0.25) is 0 Å². The third-order valence-electron chi connectivity index (χ3n) is 1.79. The van der Waals surface area contributed by atoms with Crippen LogP contribution in [0.25, 0.3) is 6.08 Å². The van der Waals surface area contributed by atoms with E-state index in [0.717, 1.165) is 10.4 Å². The zero-order valence-corrected chi connectivity index (χ0v) is 6.58.